The molecule has 4 aliphatic rings. The van der Waals surface area contributed by atoms with Crippen LogP contribution < -0.4 is 5.43 Å². The molecule has 2 aromatic rings. The SMILES string of the molecule is CCc1cccc(C2=Nc3cc(C(=O)NN4CCCCCC4)ccc3SC3=C2C=CC2CC32)c1. The summed E-state index contributed by atoms with van der Waals surface area (Å²) in [6.07, 6.45) is 11.6. The minimum absolute atomic E-state index is 0.0384. The van der Waals surface area contributed by atoms with E-state index in [1.54, 1.807) is 0 Å². The number of carbonyl (C=O) groups excluding carboxylic acids is 1. The molecule has 4 nitrogen and oxygen atoms in total. The van der Waals surface area contributed by atoms with E-state index in [1.807, 2.05) is 23.9 Å². The molecule has 1 amide bonds. The van der Waals surface area contributed by atoms with Crippen molar-refractivity contribution in [2.75, 3.05) is 13.1 Å². The number of amides is 1. The molecule has 6 rings (SSSR count). The van der Waals surface area contributed by atoms with E-state index in [0.717, 1.165) is 54.2 Å². The molecule has 2 aliphatic carbocycles. The second kappa shape index (κ2) is 9.20. The van der Waals surface area contributed by atoms with Crippen LogP contribution in [-0.2, 0) is 6.42 Å². The monoisotopic (exact) mass is 469 g/mol. The van der Waals surface area contributed by atoms with Gasteiger partial charge in [0, 0.05) is 39.6 Å². The Hall–Kier alpha value is -2.63. The number of carbonyl (C=O) groups is 1. The molecule has 1 N–H and O–H groups in total. The van der Waals surface area contributed by atoms with Crippen LogP contribution in [0.5, 0.6) is 0 Å². The van der Waals surface area contributed by atoms with Crippen molar-refractivity contribution in [2.45, 2.75) is 50.3 Å². The summed E-state index contributed by atoms with van der Waals surface area (Å²) in [5.74, 6) is 1.25. The van der Waals surface area contributed by atoms with Gasteiger partial charge >= 0.3 is 0 Å². The first-order valence-corrected chi connectivity index (χ1v) is 13.5. The molecule has 2 unspecified atom stereocenters. The minimum Gasteiger partial charge on any atom is -0.285 e. The van der Waals surface area contributed by atoms with E-state index in [4.69, 9.17) is 4.99 Å². The summed E-state index contributed by atoms with van der Waals surface area (Å²) in [6.45, 7) is 4.04. The van der Waals surface area contributed by atoms with Gasteiger partial charge in [0.1, 0.15) is 0 Å². The van der Waals surface area contributed by atoms with Crippen LogP contribution in [0.25, 0.3) is 0 Å². The Bertz CT molecular complexity index is 1220. The number of nitrogens with one attached hydrogen (secondary N) is 1. The molecule has 2 atom stereocenters. The van der Waals surface area contributed by atoms with Gasteiger partial charge in [0.05, 0.1) is 11.4 Å². The van der Waals surface area contributed by atoms with Crippen molar-refractivity contribution in [2.24, 2.45) is 16.8 Å². The summed E-state index contributed by atoms with van der Waals surface area (Å²) in [5, 5.41) is 2.08. The van der Waals surface area contributed by atoms with E-state index in [0.29, 0.717) is 17.4 Å². The van der Waals surface area contributed by atoms with Gasteiger partial charge in [-0.3, -0.25) is 10.2 Å². The van der Waals surface area contributed by atoms with E-state index in [2.05, 4.69) is 59.8 Å². The third-order valence-electron chi connectivity index (χ3n) is 7.35. The maximum absolute atomic E-state index is 13.1. The van der Waals surface area contributed by atoms with E-state index in [9.17, 15) is 4.79 Å². The lowest BCUT2D eigenvalue weighted by Gasteiger charge is -2.21. The fourth-order valence-corrected chi connectivity index (χ4v) is 6.52. The van der Waals surface area contributed by atoms with Crippen molar-refractivity contribution < 1.29 is 4.79 Å². The van der Waals surface area contributed by atoms with Gasteiger partial charge in [0.15, 0.2) is 0 Å². The number of nitrogens with zero attached hydrogens (tertiary/aromatic N) is 2. The lowest BCUT2D eigenvalue weighted by Crippen LogP contribution is -2.42. The number of hydrogen-bond acceptors (Lipinski definition) is 4. The van der Waals surface area contributed by atoms with Gasteiger partial charge in [-0.15, -0.1) is 0 Å². The molecule has 5 heteroatoms. The van der Waals surface area contributed by atoms with Crippen LogP contribution in [-0.4, -0.2) is 29.7 Å². The number of hydrogen-bond donors (Lipinski definition) is 1. The maximum Gasteiger partial charge on any atom is 0.265 e. The summed E-state index contributed by atoms with van der Waals surface area (Å²) < 4.78 is 0. The number of thioether (sulfide) groups is 1. The topological polar surface area (TPSA) is 44.7 Å². The molecule has 0 bridgehead atoms. The summed E-state index contributed by atoms with van der Waals surface area (Å²) in [7, 11) is 0. The van der Waals surface area contributed by atoms with E-state index in [1.165, 1.54) is 35.3 Å². The van der Waals surface area contributed by atoms with Gasteiger partial charge in [-0.05, 0) is 67.3 Å². The third-order valence-corrected chi connectivity index (χ3v) is 8.66. The Morgan fingerprint density at radius 2 is 1.97 bits per heavy atom. The smallest absolute Gasteiger partial charge is 0.265 e. The van der Waals surface area contributed by atoms with Crippen LogP contribution in [0.15, 0.2) is 75.0 Å². The lowest BCUT2D eigenvalue weighted by atomic mass is 9.95. The Morgan fingerprint density at radius 3 is 2.79 bits per heavy atom. The van der Waals surface area contributed by atoms with Crippen molar-refractivity contribution in [3.63, 3.8) is 0 Å². The number of allylic oxidation sites excluding steroid dienone is 4. The van der Waals surface area contributed by atoms with Crippen molar-refractivity contribution in [3.8, 4) is 0 Å². The molecular formula is C29H31N3OS. The van der Waals surface area contributed by atoms with Gasteiger partial charge in [-0.1, -0.05) is 61.9 Å². The van der Waals surface area contributed by atoms with Crippen molar-refractivity contribution in [3.05, 3.63) is 81.8 Å². The summed E-state index contributed by atoms with van der Waals surface area (Å²) in [6, 6.07) is 14.8. The molecule has 1 saturated heterocycles. The highest BCUT2D eigenvalue weighted by Crippen LogP contribution is 2.57. The van der Waals surface area contributed by atoms with Crippen molar-refractivity contribution >= 4 is 29.1 Å². The molecule has 0 aromatic heterocycles. The minimum atomic E-state index is -0.0384. The second-order valence-corrected chi connectivity index (χ2v) is 10.9. The Morgan fingerprint density at radius 1 is 1.12 bits per heavy atom. The molecule has 34 heavy (non-hydrogen) atoms. The lowest BCUT2D eigenvalue weighted by molar-refractivity contribution is 0.0794. The van der Waals surface area contributed by atoms with Gasteiger partial charge in [0.25, 0.3) is 5.91 Å². The van der Waals surface area contributed by atoms with Gasteiger partial charge < -0.3 is 0 Å². The number of benzene rings is 2. The normalized spacial score (nSPS) is 23.7. The quantitative estimate of drug-likeness (QED) is 0.559. The molecule has 2 aliphatic heterocycles. The number of hydrazine groups is 1. The molecule has 0 radical (unpaired) electrons. The average molecular weight is 470 g/mol. The number of rotatable bonds is 4. The largest absolute Gasteiger partial charge is 0.285 e. The highest BCUT2D eigenvalue weighted by atomic mass is 32.2. The fraction of sp³-hybridized carbons (Fsp3) is 0.379. The Kier molecular flexibility index (Phi) is 5.92. The van der Waals surface area contributed by atoms with Crippen LogP contribution >= 0.6 is 11.8 Å². The molecule has 174 valence electrons. The number of aryl methyl sites for hydroxylation is 1. The van der Waals surface area contributed by atoms with Crippen molar-refractivity contribution in [1.29, 1.82) is 0 Å². The van der Waals surface area contributed by atoms with Crippen LogP contribution in [0.4, 0.5) is 5.69 Å². The predicted molar refractivity (Wildman–Crippen MR) is 140 cm³/mol. The van der Waals surface area contributed by atoms with Gasteiger partial charge in [0.2, 0.25) is 0 Å². The fourth-order valence-electron chi connectivity index (χ4n) is 5.24. The Balaban J connectivity index is 1.37. The molecule has 2 fully saturated rings. The van der Waals surface area contributed by atoms with Crippen molar-refractivity contribution in [1.82, 2.24) is 10.4 Å². The third kappa shape index (κ3) is 4.27. The summed E-state index contributed by atoms with van der Waals surface area (Å²) in [4.78, 5) is 20.9. The maximum atomic E-state index is 13.1. The standard InChI is InChI=1S/C29H31N3OS/c1-2-19-8-7-9-21(16-19)27-23-12-10-20-17-24(20)28(23)34-26-13-11-22(18-25(26)30-27)29(33)31-32-14-5-3-4-6-15-32/h7-13,16,18,20,24H,2-6,14-15,17H2,1H3,(H,31,33). The average Bonchev–Trinajstić information content (AvgIpc) is 3.69. The van der Waals surface area contributed by atoms with Crippen LogP contribution in [0.3, 0.4) is 0 Å². The summed E-state index contributed by atoms with van der Waals surface area (Å²) >= 11 is 1.85. The van der Waals surface area contributed by atoms with E-state index >= 15 is 0 Å². The van der Waals surface area contributed by atoms with Gasteiger partial charge in [-0.25, -0.2) is 10.0 Å². The van der Waals surface area contributed by atoms with E-state index < -0.39 is 0 Å². The zero-order valence-electron chi connectivity index (χ0n) is 19.7. The first kappa shape index (κ1) is 21.9. The summed E-state index contributed by atoms with van der Waals surface area (Å²) in [5.41, 5.74) is 9.46. The molecule has 2 aromatic carbocycles. The highest BCUT2D eigenvalue weighted by Gasteiger charge is 2.43. The number of fused-ring (bicyclic) bond motifs is 3. The zero-order chi connectivity index (χ0) is 23.1. The second-order valence-electron chi connectivity index (χ2n) is 9.78. The molecule has 1 saturated carbocycles. The first-order valence-electron chi connectivity index (χ1n) is 12.7. The first-order chi connectivity index (χ1) is 16.7. The van der Waals surface area contributed by atoms with Gasteiger partial charge in [-0.2, -0.15) is 0 Å². The van der Waals surface area contributed by atoms with Crippen LogP contribution in [0.1, 0.15) is 60.5 Å². The Labute approximate surface area is 206 Å². The van der Waals surface area contributed by atoms with Crippen LogP contribution in [0.2, 0.25) is 0 Å². The number of aliphatic imine (C=N–C) groups is 1. The highest BCUT2D eigenvalue weighted by molar-refractivity contribution is 8.03. The van der Waals surface area contributed by atoms with Crippen LogP contribution in [0, 0.1) is 11.8 Å². The molecular weight excluding hydrogens is 438 g/mol. The molecule has 0 spiro atoms. The predicted octanol–water partition coefficient (Wildman–Crippen LogP) is 6.46. The zero-order valence-corrected chi connectivity index (χ0v) is 20.5. The molecule has 2 heterocycles. The van der Waals surface area contributed by atoms with E-state index in [-0.39, 0.29) is 5.91 Å².